The molecule has 7 nitrogen and oxygen atoms in total. The third-order valence-corrected chi connectivity index (χ3v) is 3.81. The van der Waals surface area contributed by atoms with Crippen molar-refractivity contribution in [3.63, 3.8) is 0 Å². The van der Waals surface area contributed by atoms with Gasteiger partial charge in [-0.1, -0.05) is 6.07 Å². The number of methoxy groups -OCH3 is 1. The van der Waals surface area contributed by atoms with Crippen LogP contribution in [0.5, 0.6) is 11.5 Å². The quantitative estimate of drug-likeness (QED) is 0.159. The van der Waals surface area contributed by atoms with Crippen LogP contribution in [0.4, 0.5) is 0 Å². The number of hydrogen-bond acceptors (Lipinski definition) is 5. The first-order valence-electron chi connectivity index (χ1n) is 10.2. The van der Waals surface area contributed by atoms with Crippen LogP contribution in [0.15, 0.2) is 23.2 Å². The summed E-state index contributed by atoms with van der Waals surface area (Å²) in [4.78, 5) is 4.59. The van der Waals surface area contributed by atoms with E-state index in [0.29, 0.717) is 33.0 Å². The second-order valence-corrected chi connectivity index (χ2v) is 6.04. The summed E-state index contributed by atoms with van der Waals surface area (Å²) >= 11 is 0. The van der Waals surface area contributed by atoms with Crippen molar-refractivity contribution in [2.24, 2.45) is 4.99 Å². The number of nitrogens with one attached hydrogen (secondary N) is 2. The summed E-state index contributed by atoms with van der Waals surface area (Å²) in [5.41, 5.74) is 1.20. The van der Waals surface area contributed by atoms with E-state index in [4.69, 9.17) is 18.9 Å². The molecule has 0 fully saturated rings. The van der Waals surface area contributed by atoms with Crippen molar-refractivity contribution in [3.8, 4) is 11.5 Å². The van der Waals surface area contributed by atoms with Gasteiger partial charge in [0.25, 0.3) is 0 Å². The minimum Gasteiger partial charge on any atom is -0.490 e. The largest absolute Gasteiger partial charge is 0.490 e. The van der Waals surface area contributed by atoms with Gasteiger partial charge >= 0.3 is 0 Å². The fourth-order valence-electron chi connectivity index (χ4n) is 2.52. The number of ether oxygens (including phenoxy) is 4. The summed E-state index contributed by atoms with van der Waals surface area (Å²) in [5.74, 6) is 2.43. The van der Waals surface area contributed by atoms with Crippen LogP contribution in [0.25, 0.3) is 0 Å². The van der Waals surface area contributed by atoms with E-state index in [0.717, 1.165) is 49.9 Å². The van der Waals surface area contributed by atoms with Crippen LogP contribution in [0.2, 0.25) is 0 Å². The van der Waals surface area contributed by atoms with E-state index in [1.54, 1.807) is 7.11 Å². The van der Waals surface area contributed by atoms with Crippen LogP contribution < -0.4 is 20.1 Å². The van der Waals surface area contributed by atoms with E-state index in [-0.39, 0.29) is 24.0 Å². The fourth-order valence-corrected chi connectivity index (χ4v) is 2.52. The van der Waals surface area contributed by atoms with Crippen molar-refractivity contribution in [3.05, 3.63) is 23.8 Å². The Morgan fingerprint density at radius 3 is 2.41 bits per heavy atom. The number of benzene rings is 1. The Morgan fingerprint density at radius 1 is 0.966 bits per heavy atom. The average molecular weight is 523 g/mol. The fraction of sp³-hybridized carbons (Fsp3) is 0.667. The molecule has 1 aromatic carbocycles. The number of nitrogens with zero attached hydrogens (tertiary/aromatic N) is 1. The van der Waals surface area contributed by atoms with Gasteiger partial charge in [0.1, 0.15) is 0 Å². The highest BCUT2D eigenvalue weighted by Gasteiger charge is 2.06. The Hall–Kier alpha value is -1.26. The summed E-state index contributed by atoms with van der Waals surface area (Å²) in [7, 11) is 1.67. The summed E-state index contributed by atoms with van der Waals surface area (Å²) in [5, 5.41) is 6.65. The van der Waals surface area contributed by atoms with Crippen molar-refractivity contribution in [1.29, 1.82) is 0 Å². The highest BCUT2D eigenvalue weighted by Crippen LogP contribution is 2.28. The molecule has 0 bridgehead atoms. The molecule has 0 saturated carbocycles. The Labute approximate surface area is 192 Å². The van der Waals surface area contributed by atoms with Gasteiger partial charge in [-0.3, -0.25) is 4.99 Å². The summed E-state index contributed by atoms with van der Waals surface area (Å²) in [6.45, 7) is 11.5. The molecule has 0 saturated heterocycles. The molecule has 1 rings (SSSR count). The zero-order valence-electron chi connectivity index (χ0n) is 18.3. The number of halogens is 1. The van der Waals surface area contributed by atoms with E-state index in [9.17, 15) is 0 Å². The molecule has 1 aromatic rings. The van der Waals surface area contributed by atoms with E-state index >= 15 is 0 Å². The highest BCUT2D eigenvalue weighted by atomic mass is 127. The monoisotopic (exact) mass is 523 g/mol. The van der Waals surface area contributed by atoms with Crippen LogP contribution in [0.3, 0.4) is 0 Å². The average Bonchev–Trinajstić information content (AvgIpc) is 2.69. The van der Waals surface area contributed by atoms with Crippen LogP contribution in [-0.2, 0) is 15.9 Å². The lowest BCUT2D eigenvalue weighted by molar-refractivity contribution is 0.0702. The smallest absolute Gasteiger partial charge is 0.191 e. The second kappa shape index (κ2) is 18.7. The molecule has 0 aliphatic carbocycles. The van der Waals surface area contributed by atoms with Crippen molar-refractivity contribution >= 4 is 29.9 Å². The summed E-state index contributed by atoms with van der Waals surface area (Å²) in [6.07, 6.45) is 1.76. The lowest BCUT2D eigenvalue weighted by Crippen LogP contribution is -2.38. The number of rotatable bonds is 15. The molecule has 0 atom stereocenters. The summed E-state index contributed by atoms with van der Waals surface area (Å²) in [6, 6.07) is 6.11. The predicted octanol–water partition coefficient (Wildman–Crippen LogP) is 3.25. The van der Waals surface area contributed by atoms with Crippen LogP contribution >= 0.6 is 24.0 Å². The van der Waals surface area contributed by atoms with Crippen LogP contribution in [0, 0.1) is 0 Å². The van der Waals surface area contributed by atoms with E-state index in [1.807, 2.05) is 19.9 Å². The van der Waals surface area contributed by atoms with Crippen molar-refractivity contribution in [2.45, 2.75) is 33.6 Å². The van der Waals surface area contributed by atoms with Crippen molar-refractivity contribution in [2.75, 3.05) is 59.8 Å². The zero-order valence-corrected chi connectivity index (χ0v) is 20.6. The van der Waals surface area contributed by atoms with Gasteiger partial charge in [-0.2, -0.15) is 0 Å². The molecular weight excluding hydrogens is 485 g/mol. The Morgan fingerprint density at radius 2 is 1.72 bits per heavy atom. The first-order chi connectivity index (χ1) is 13.7. The highest BCUT2D eigenvalue weighted by molar-refractivity contribution is 14.0. The maximum atomic E-state index is 5.70. The van der Waals surface area contributed by atoms with Crippen LogP contribution in [-0.4, -0.2) is 65.7 Å². The number of hydrogen-bond donors (Lipinski definition) is 2. The molecule has 0 unspecified atom stereocenters. The number of guanidine groups is 1. The molecule has 0 radical (unpaired) electrons. The molecule has 0 aromatic heterocycles. The molecule has 168 valence electrons. The van der Waals surface area contributed by atoms with Gasteiger partial charge in [0.05, 0.1) is 26.4 Å². The lowest BCUT2D eigenvalue weighted by atomic mass is 10.1. The van der Waals surface area contributed by atoms with E-state index < -0.39 is 0 Å². The minimum atomic E-state index is 0. The Bertz CT molecular complexity index is 559. The Balaban J connectivity index is 0.00000784. The van der Waals surface area contributed by atoms with Gasteiger partial charge in [0.2, 0.25) is 0 Å². The normalized spacial score (nSPS) is 11.0. The second-order valence-electron chi connectivity index (χ2n) is 6.04. The molecule has 0 spiro atoms. The molecule has 0 heterocycles. The third kappa shape index (κ3) is 12.8. The van der Waals surface area contributed by atoms with Gasteiger partial charge in [-0.15, -0.1) is 24.0 Å². The summed E-state index contributed by atoms with van der Waals surface area (Å²) < 4.78 is 21.7. The van der Waals surface area contributed by atoms with Crippen molar-refractivity contribution < 1.29 is 18.9 Å². The minimum absolute atomic E-state index is 0. The molecule has 2 N–H and O–H groups in total. The SMILES string of the molecule is CCNC(=NCCCOCCOC)NCCc1ccc(OCC)c(OCC)c1.I. The molecule has 0 amide bonds. The molecule has 8 heteroatoms. The molecular formula is C21H38IN3O4. The first kappa shape index (κ1) is 27.7. The van der Waals surface area contributed by atoms with Gasteiger partial charge in [-0.25, -0.2) is 0 Å². The zero-order chi connectivity index (χ0) is 20.5. The van der Waals surface area contributed by atoms with E-state index in [1.165, 1.54) is 5.56 Å². The maximum Gasteiger partial charge on any atom is 0.191 e. The topological polar surface area (TPSA) is 73.3 Å². The van der Waals surface area contributed by atoms with Gasteiger partial charge in [0.15, 0.2) is 17.5 Å². The van der Waals surface area contributed by atoms with Gasteiger partial charge < -0.3 is 29.6 Å². The first-order valence-corrected chi connectivity index (χ1v) is 10.2. The van der Waals surface area contributed by atoms with Gasteiger partial charge in [0, 0.05) is 33.4 Å². The van der Waals surface area contributed by atoms with Crippen molar-refractivity contribution in [1.82, 2.24) is 10.6 Å². The molecule has 29 heavy (non-hydrogen) atoms. The van der Waals surface area contributed by atoms with E-state index in [2.05, 4.69) is 34.7 Å². The lowest BCUT2D eigenvalue weighted by Gasteiger charge is -2.14. The predicted molar refractivity (Wildman–Crippen MR) is 129 cm³/mol. The number of aliphatic imine (C=N–C) groups is 1. The third-order valence-electron chi connectivity index (χ3n) is 3.81. The standard InChI is InChI=1S/C21H37N3O4.HI/c1-5-22-21(23-12-8-14-26-16-15-25-4)24-13-11-18-9-10-19(27-6-2)20(17-18)28-7-3;/h9-10,17H,5-8,11-16H2,1-4H3,(H2,22,23,24);1H. The molecule has 0 aliphatic rings. The molecule has 0 aliphatic heterocycles. The van der Waals surface area contributed by atoms with Gasteiger partial charge in [-0.05, 0) is 51.3 Å². The maximum absolute atomic E-state index is 5.70. The Kier molecular flexibility index (Phi) is 17.9. The van der Waals surface area contributed by atoms with Crippen LogP contribution in [0.1, 0.15) is 32.8 Å².